The van der Waals surface area contributed by atoms with Gasteiger partial charge in [-0.05, 0) is 0 Å². The van der Waals surface area contributed by atoms with Crippen LogP contribution in [0.5, 0.6) is 0 Å². The fraction of sp³-hybridized carbons (Fsp3) is 0.700. The SMILES string of the molecule is CC(C)(C)C(=O)CCn1nncc1CO. The van der Waals surface area contributed by atoms with E-state index in [0.29, 0.717) is 18.7 Å². The number of aromatic nitrogens is 3. The molecule has 5 heteroatoms. The predicted octanol–water partition coefficient (Wildman–Crippen LogP) is 0.776. The van der Waals surface area contributed by atoms with Crippen LogP contribution in [0.3, 0.4) is 0 Å². The normalized spacial score (nSPS) is 11.7. The monoisotopic (exact) mass is 211 g/mol. The molecular weight excluding hydrogens is 194 g/mol. The second-order valence-corrected chi connectivity index (χ2v) is 4.53. The van der Waals surface area contributed by atoms with Gasteiger partial charge in [0.1, 0.15) is 5.78 Å². The minimum atomic E-state index is -0.319. The van der Waals surface area contributed by atoms with Crippen LogP contribution >= 0.6 is 0 Å². The molecule has 5 nitrogen and oxygen atoms in total. The Labute approximate surface area is 89.1 Å². The topological polar surface area (TPSA) is 68.0 Å². The molecule has 0 amide bonds. The first-order valence-electron chi connectivity index (χ1n) is 4.96. The minimum absolute atomic E-state index is 0.100. The summed E-state index contributed by atoms with van der Waals surface area (Å²) in [4.78, 5) is 11.6. The summed E-state index contributed by atoms with van der Waals surface area (Å²) >= 11 is 0. The summed E-state index contributed by atoms with van der Waals surface area (Å²) in [6.45, 7) is 6.06. The van der Waals surface area contributed by atoms with E-state index in [0.717, 1.165) is 0 Å². The van der Waals surface area contributed by atoms with E-state index < -0.39 is 0 Å². The number of ketones is 1. The summed E-state index contributed by atoms with van der Waals surface area (Å²) in [5, 5.41) is 16.4. The van der Waals surface area contributed by atoms with Crippen molar-refractivity contribution in [3.8, 4) is 0 Å². The largest absolute Gasteiger partial charge is 0.390 e. The summed E-state index contributed by atoms with van der Waals surface area (Å²) in [6.07, 6.45) is 1.92. The average molecular weight is 211 g/mol. The molecule has 1 rings (SSSR count). The number of aryl methyl sites for hydroxylation is 1. The molecule has 0 aliphatic rings. The van der Waals surface area contributed by atoms with Gasteiger partial charge in [0.25, 0.3) is 0 Å². The number of carbonyl (C=O) groups is 1. The maximum Gasteiger partial charge on any atom is 0.140 e. The lowest BCUT2D eigenvalue weighted by molar-refractivity contribution is -0.126. The van der Waals surface area contributed by atoms with Crippen molar-refractivity contribution in [1.29, 1.82) is 0 Å². The van der Waals surface area contributed by atoms with Crippen molar-refractivity contribution in [2.75, 3.05) is 0 Å². The summed E-state index contributed by atoms with van der Waals surface area (Å²) < 4.78 is 1.56. The fourth-order valence-corrected chi connectivity index (χ4v) is 1.17. The van der Waals surface area contributed by atoms with Crippen molar-refractivity contribution >= 4 is 5.78 Å². The first-order valence-corrected chi connectivity index (χ1v) is 4.96. The molecule has 0 saturated carbocycles. The van der Waals surface area contributed by atoms with E-state index in [-0.39, 0.29) is 17.8 Å². The zero-order valence-electron chi connectivity index (χ0n) is 9.40. The summed E-state index contributed by atoms with van der Waals surface area (Å²) in [5.41, 5.74) is 0.316. The molecule has 0 unspecified atom stereocenters. The van der Waals surface area contributed by atoms with Crippen LogP contribution in [0.4, 0.5) is 0 Å². The van der Waals surface area contributed by atoms with E-state index in [1.54, 1.807) is 4.68 Å². The highest BCUT2D eigenvalue weighted by atomic mass is 16.3. The Morgan fingerprint density at radius 2 is 2.20 bits per heavy atom. The highest BCUT2D eigenvalue weighted by molar-refractivity contribution is 5.83. The number of aliphatic hydroxyl groups is 1. The van der Waals surface area contributed by atoms with Crippen LogP contribution in [0.1, 0.15) is 32.9 Å². The van der Waals surface area contributed by atoms with Gasteiger partial charge in [0.05, 0.1) is 18.5 Å². The average Bonchev–Trinajstić information content (AvgIpc) is 2.59. The number of nitrogens with zero attached hydrogens (tertiary/aromatic N) is 3. The van der Waals surface area contributed by atoms with E-state index in [1.807, 2.05) is 20.8 Å². The van der Waals surface area contributed by atoms with Crippen molar-refractivity contribution in [3.63, 3.8) is 0 Å². The van der Waals surface area contributed by atoms with Gasteiger partial charge in [-0.3, -0.25) is 4.79 Å². The Hall–Kier alpha value is -1.23. The van der Waals surface area contributed by atoms with E-state index >= 15 is 0 Å². The number of hydrogen-bond acceptors (Lipinski definition) is 4. The maximum atomic E-state index is 11.6. The van der Waals surface area contributed by atoms with Crippen molar-refractivity contribution in [1.82, 2.24) is 15.0 Å². The Morgan fingerprint density at radius 1 is 1.53 bits per heavy atom. The minimum Gasteiger partial charge on any atom is -0.390 e. The zero-order chi connectivity index (χ0) is 11.5. The Morgan fingerprint density at radius 3 is 2.73 bits per heavy atom. The van der Waals surface area contributed by atoms with Gasteiger partial charge in [-0.2, -0.15) is 0 Å². The number of carbonyl (C=O) groups excluding carboxylic acids is 1. The lowest BCUT2D eigenvalue weighted by atomic mass is 9.89. The lowest BCUT2D eigenvalue weighted by Crippen LogP contribution is -2.22. The van der Waals surface area contributed by atoms with Crippen molar-refractivity contribution in [2.45, 2.75) is 40.3 Å². The third-order valence-corrected chi connectivity index (χ3v) is 2.25. The lowest BCUT2D eigenvalue weighted by Gasteiger charge is -2.16. The third-order valence-electron chi connectivity index (χ3n) is 2.25. The van der Waals surface area contributed by atoms with Gasteiger partial charge in [-0.1, -0.05) is 26.0 Å². The Bertz CT molecular complexity index is 339. The fourth-order valence-electron chi connectivity index (χ4n) is 1.17. The van der Waals surface area contributed by atoms with E-state index in [2.05, 4.69) is 10.3 Å². The molecule has 1 heterocycles. The first kappa shape index (κ1) is 11.8. The number of hydrogen-bond donors (Lipinski definition) is 1. The molecule has 0 radical (unpaired) electrons. The van der Waals surface area contributed by atoms with E-state index in [4.69, 9.17) is 5.11 Å². The molecule has 15 heavy (non-hydrogen) atoms. The first-order chi connectivity index (χ1) is 6.95. The highest BCUT2D eigenvalue weighted by Crippen LogP contribution is 2.17. The van der Waals surface area contributed by atoms with Gasteiger partial charge in [-0.15, -0.1) is 5.10 Å². The third kappa shape index (κ3) is 3.13. The second kappa shape index (κ2) is 4.53. The standard InChI is InChI=1S/C10H17N3O2/c1-10(2,3)9(15)4-5-13-8(7-14)6-11-12-13/h6,14H,4-5,7H2,1-3H3. The number of Topliss-reactive ketones (excluding diaryl/α,β-unsaturated/α-hetero) is 1. The highest BCUT2D eigenvalue weighted by Gasteiger charge is 2.20. The van der Waals surface area contributed by atoms with Crippen LogP contribution in [0.25, 0.3) is 0 Å². The van der Waals surface area contributed by atoms with Crippen molar-refractivity contribution < 1.29 is 9.90 Å². The van der Waals surface area contributed by atoms with Crippen LogP contribution in [0.2, 0.25) is 0 Å². The molecule has 0 spiro atoms. The number of aliphatic hydroxyl groups excluding tert-OH is 1. The summed E-state index contributed by atoms with van der Waals surface area (Å²) in [7, 11) is 0. The van der Waals surface area contributed by atoms with Crippen LogP contribution in [0.15, 0.2) is 6.20 Å². The Balaban J connectivity index is 2.54. The van der Waals surface area contributed by atoms with Gasteiger partial charge >= 0.3 is 0 Å². The molecule has 0 saturated heterocycles. The quantitative estimate of drug-likeness (QED) is 0.799. The molecule has 0 aromatic carbocycles. The molecule has 0 fully saturated rings. The maximum absolute atomic E-state index is 11.6. The molecule has 1 aromatic rings. The molecule has 0 aliphatic heterocycles. The molecule has 0 atom stereocenters. The number of rotatable bonds is 4. The van der Waals surface area contributed by atoms with E-state index in [9.17, 15) is 4.79 Å². The van der Waals surface area contributed by atoms with E-state index in [1.165, 1.54) is 6.20 Å². The Kier molecular flexibility index (Phi) is 3.57. The van der Waals surface area contributed by atoms with Crippen molar-refractivity contribution in [2.24, 2.45) is 5.41 Å². The van der Waals surface area contributed by atoms with Gasteiger partial charge in [0, 0.05) is 18.4 Å². The van der Waals surface area contributed by atoms with Crippen molar-refractivity contribution in [3.05, 3.63) is 11.9 Å². The molecule has 1 aromatic heterocycles. The smallest absolute Gasteiger partial charge is 0.140 e. The van der Waals surface area contributed by atoms with Gasteiger partial charge < -0.3 is 5.11 Å². The molecule has 0 aliphatic carbocycles. The molecular formula is C10H17N3O2. The second-order valence-electron chi connectivity index (χ2n) is 4.53. The van der Waals surface area contributed by atoms with Gasteiger partial charge in [0.2, 0.25) is 0 Å². The molecule has 84 valence electrons. The molecule has 1 N–H and O–H groups in total. The summed E-state index contributed by atoms with van der Waals surface area (Å²) in [5.74, 6) is 0.182. The summed E-state index contributed by atoms with van der Waals surface area (Å²) in [6, 6.07) is 0. The van der Waals surface area contributed by atoms with Crippen LogP contribution < -0.4 is 0 Å². The zero-order valence-corrected chi connectivity index (χ0v) is 9.40. The van der Waals surface area contributed by atoms with Gasteiger partial charge in [0.15, 0.2) is 0 Å². The van der Waals surface area contributed by atoms with Gasteiger partial charge in [-0.25, -0.2) is 4.68 Å². The van der Waals surface area contributed by atoms with Crippen LogP contribution in [-0.2, 0) is 17.9 Å². The van der Waals surface area contributed by atoms with Crippen LogP contribution in [-0.4, -0.2) is 25.9 Å². The van der Waals surface area contributed by atoms with Crippen LogP contribution in [0, 0.1) is 5.41 Å². The predicted molar refractivity (Wildman–Crippen MR) is 55.0 cm³/mol. The molecule has 0 bridgehead atoms.